The van der Waals surface area contributed by atoms with Crippen LogP contribution in [0.3, 0.4) is 0 Å². The van der Waals surface area contributed by atoms with Crippen LogP contribution in [0.5, 0.6) is 0 Å². The molecule has 0 atom stereocenters. The zero-order valence-electron chi connectivity index (χ0n) is 9.00. The first-order valence-corrected chi connectivity index (χ1v) is 6.38. The van der Waals surface area contributed by atoms with Crippen LogP contribution in [0.15, 0.2) is 35.7 Å². The van der Waals surface area contributed by atoms with Crippen LogP contribution in [0.25, 0.3) is 16.2 Å². The molecule has 18 heavy (non-hydrogen) atoms. The normalized spacial score (nSPS) is 10.9. The summed E-state index contributed by atoms with van der Waals surface area (Å²) >= 11 is 7.44. The van der Waals surface area contributed by atoms with E-state index < -0.39 is 5.97 Å². The van der Waals surface area contributed by atoms with Crippen molar-refractivity contribution in [2.45, 2.75) is 0 Å². The molecule has 0 unspecified atom stereocenters. The van der Waals surface area contributed by atoms with Gasteiger partial charge in [0, 0.05) is 5.38 Å². The lowest BCUT2D eigenvalue weighted by atomic mass is 10.2. The third-order valence-electron chi connectivity index (χ3n) is 2.58. The minimum atomic E-state index is -1.12. The molecule has 0 aliphatic rings. The van der Waals surface area contributed by atoms with Gasteiger partial charge in [-0.2, -0.15) is 0 Å². The van der Waals surface area contributed by atoms with Crippen LogP contribution in [0.1, 0.15) is 10.5 Å². The third-order valence-corrected chi connectivity index (χ3v) is 3.75. The van der Waals surface area contributed by atoms with Crippen molar-refractivity contribution >= 4 is 33.9 Å². The van der Waals surface area contributed by atoms with E-state index >= 15 is 0 Å². The van der Waals surface area contributed by atoms with Crippen LogP contribution < -0.4 is 0 Å². The van der Waals surface area contributed by atoms with Crippen molar-refractivity contribution in [3.05, 3.63) is 46.6 Å². The number of nitrogens with zero attached hydrogens (tertiary/aromatic N) is 2. The van der Waals surface area contributed by atoms with Crippen LogP contribution in [0, 0.1) is 0 Å². The number of aromatic carboxylic acids is 1. The number of carboxylic acid groups (broad SMARTS) is 1. The van der Waals surface area contributed by atoms with Gasteiger partial charge in [-0.25, -0.2) is 9.78 Å². The Morgan fingerprint density at radius 2 is 2.06 bits per heavy atom. The Bertz CT molecular complexity index is 733. The number of carbonyl (C=O) groups is 1. The molecule has 0 fully saturated rings. The highest BCUT2D eigenvalue weighted by molar-refractivity contribution is 7.15. The summed E-state index contributed by atoms with van der Waals surface area (Å²) in [7, 11) is 0. The molecule has 4 nitrogen and oxygen atoms in total. The number of hydrogen-bond donors (Lipinski definition) is 1. The molecule has 6 heteroatoms. The highest BCUT2D eigenvalue weighted by Gasteiger charge is 2.20. The Morgan fingerprint density at radius 3 is 2.72 bits per heavy atom. The maximum absolute atomic E-state index is 11.0. The van der Waals surface area contributed by atoms with E-state index in [0.717, 1.165) is 11.3 Å². The van der Waals surface area contributed by atoms with Gasteiger partial charge in [-0.1, -0.05) is 41.9 Å². The maximum Gasteiger partial charge on any atom is 0.357 e. The van der Waals surface area contributed by atoms with Gasteiger partial charge in [0.1, 0.15) is 5.15 Å². The Labute approximate surface area is 111 Å². The quantitative estimate of drug-likeness (QED) is 0.781. The highest BCUT2D eigenvalue weighted by atomic mass is 35.5. The average molecular weight is 279 g/mol. The first-order chi connectivity index (χ1) is 8.68. The van der Waals surface area contributed by atoms with Gasteiger partial charge in [0.05, 0.1) is 5.69 Å². The number of aromatic nitrogens is 2. The van der Waals surface area contributed by atoms with Crippen LogP contribution >= 0.6 is 22.9 Å². The summed E-state index contributed by atoms with van der Waals surface area (Å²) in [6.07, 6.45) is 0. The van der Waals surface area contributed by atoms with Gasteiger partial charge in [-0.15, -0.1) is 11.3 Å². The Balaban J connectivity index is 2.29. The maximum atomic E-state index is 11.0. The molecule has 0 saturated heterocycles. The number of hydrogen-bond acceptors (Lipinski definition) is 3. The third kappa shape index (κ3) is 1.60. The molecular formula is C12H7ClN2O2S. The van der Waals surface area contributed by atoms with Crippen molar-refractivity contribution in [2.75, 3.05) is 0 Å². The fourth-order valence-corrected chi connectivity index (χ4v) is 3.01. The second-order valence-corrected chi connectivity index (χ2v) is 4.86. The van der Waals surface area contributed by atoms with E-state index in [-0.39, 0.29) is 10.8 Å². The Morgan fingerprint density at radius 1 is 1.33 bits per heavy atom. The number of fused-ring (bicyclic) bond motifs is 1. The summed E-state index contributed by atoms with van der Waals surface area (Å²) in [4.78, 5) is 15.6. The first kappa shape index (κ1) is 11.3. The number of carboxylic acids is 1. The van der Waals surface area contributed by atoms with E-state index in [1.54, 1.807) is 4.40 Å². The molecule has 90 valence electrons. The zero-order chi connectivity index (χ0) is 12.7. The summed E-state index contributed by atoms with van der Waals surface area (Å²) in [5.74, 6) is -1.12. The van der Waals surface area contributed by atoms with Crippen molar-refractivity contribution in [1.82, 2.24) is 9.38 Å². The fraction of sp³-hybridized carbons (Fsp3) is 0. The SMILES string of the molecule is O=C(O)c1nc2scc(-c3ccccc3)n2c1Cl. The predicted octanol–water partition coefficient (Wildman–Crippen LogP) is 3.41. The molecule has 0 radical (unpaired) electrons. The van der Waals surface area contributed by atoms with E-state index in [4.69, 9.17) is 16.7 Å². The summed E-state index contributed by atoms with van der Waals surface area (Å²) < 4.78 is 1.66. The Kier molecular flexibility index (Phi) is 2.57. The number of rotatable bonds is 2. The zero-order valence-corrected chi connectivity index (χ0v) is 10.6. The van der Waals surface area contributed by atoms with Crippen molar-refractivity contribution < 1.29 is 9.90 Å². The summed E-state index contributed by atoms with van der Waals surface area (Å²) in [5.41, 5.74) is 1.71. The van der Waals surface area contributed by atoms with Crippen molar-refractivity contribution in [2.24, 2.45) is 0 Å². The monoisotopic (exact) mass is 278 g/mol. The molecule has 1 N–H and O–H groups in total. The van der Waals surface area contributed by atoms with Gasteiger partial charge < -0.3 is 5.11 Å². The lowest BCUT2D eigenvalue weighted by Gasteiger charge is -2.00. The molecule has 0 aliphatic heterocycles. The molecule has 1 aromatic carbocycles. The van der Waals surface area contributed by atoms with Crippen molar-refractivity contribution in [3.63, 3.8) is 0 Å². The van der Waals surface area contributed by atoms with Crippen LogP contribution in [-0.4, -0.2) is 20.5 Å². The van der Waals surface area contributed by atoms with Gasteiger partial charge >= 0.3 is 5.97 Å². The van der Waals surface area contributed by atoms with E-state index in [1.165, 1.54) is 11.3 Å². The van der Waals surface area contributed by atoms with E-state index in [1.807, 2.05) is 35.7 Å². The molecule has 3 aromatic rings. The molecule has 0 spiro atoms. The van der Waals surface area contributed by atoms with Gasteiger partial charge in [0.2, 0.25) is 0 Å². The van der Waals surface area contributed by atoms with Gasteiger partial charge in [-0.05, 0) is 5.56 Å². The second kappa shape index (κ2) is 4.12. The summed E-state index contributed by atoms with van der Waals surface area (Å²) in [6.45, 7) is 0. The standard InChI is InChI=1S/C12H7ClN2O2S/c13-10-9(11(16)17)14-12-15(10)8(6-18-12)7-4-2-1-3-5-7/h1-6H,(H,16,17). The molecular weight excluding hydrogens is 272 g/mol. The number of benzene rings is 1. The van der Waals surface area contributed by atoms with Crippen molar-refractivity contribution in [3.8, 4) is 11.3 Å². The molecule has 0 bridgehead atoms. The minimum absolute atomic E-state index is 0.110. The molecule has 2 heterocycles. The smallest absolute Gasteiger partial charge is 0.357 e. The topological polar surface area (TPSA) is 54.6 Å². The lowest BCUT2D eigenvalue weighted by molar-refractivity contribution is 0.0691. The first-order valence-electron chi connectivity index (χ1n) is 5.12. The van der Waals surface area contributed by atoms with Crippen LogP contribution in [0.4, 0.5) is 0 Å². The minimum Gasteiger partial charge on any atom is -0.476 e. The van der Waals surface area contributed by atoms with E-state index in [9.17, 15) is 4.79 Å². The van der Waals surface area contributed by atoms with Gasteiger partial charge in [0.25, 0.3) is 0 Å². The van der Waals surface area contributed by atoms with Crippen molar-refractivity contribution in [1.29, 1.82) is 0 Å². The Hall–Kier alpha value is -1.85. The molecule has 0 amide bonds. The van der Waals surface area contributed by atoms with Gasteiger partial charge in [-0.3, -0.25) is 4.40 Å². The lowest BCUT2D eigenvalue weighted by Crippen LogP contribution is -1.97. The number of thiazole rings is 1. The fourth-order valence-electron chi connectivity index (χ4n) is 1.77. The van der Waals surface area contributed by atoms with Gasteiger partial charge in [0.15, 0.2) is 10.7 Å². The van der Waals surface area contributed by atoms with Crippen LogP contribution in [-0.2, 0) is 0 Å². The number of halogens is 1. The second-order valence-electron chi connectivity index (χ2n) is 3.66. The number of imidazole rings is 1. The largest absolute Gasteiger partial charge is 0.476 e. The molecule has 0 saturated carbocycles. The highest BCUT2D eigenvalue weighted by Crippen LogP contribution is 2.31. The van der Waals surface area contributed by atoms with Crippen LogP contribution in [0.2, 0.25) is 5.15 Å². The average Bonchev–Trinajstić information content (AvgIpc) is 2.91. The van der Waals surface area contributed by atoms with E-state index in [0.29, 0.717) is 4.96 Å². The summed E-state index contributed by atoms with van der Waals surface area (Å²) in [6, 6.07) is 9.64. The predicted molar refractivity (Wildman–Crippen MR) is 70.5 cm³/mol. The van der Waals surface area contributed by atoms with E-state index in [2.05, 4.69) is 4.98 Å². The molecule has 0 aliphatic carbocycles. The summed E-state index contributed by atoms with van der Waals surface area (Å²) in [5, 5.41) is 11.0. The molecule has 3 rings (SSSR count). The molecule has 2 aromatic heterocycles.